The Kier molecular flexibility index (Phi) is 7.70. The van der Waals surface area contributed by atoms with E-state index >= 15 is 0 Å². The van der Waals surface area contributed by atoms with Gasteiger partial charge in [-0.2, -0.15) is 0 Å². The molecule has 2 N–H and O–H groups in total. The van der Waals surface area contributed by atoms with E-state index in [1.165, 1.54) is 7.11 Å². The minimum atomic E-state index is -0.333. The zero-order valence-corrected chi connectivity index (χ0v) is 18.4. The number of rotatable bonds is 7. The van der Waals surface area contributed by atoms with Crippen molar-refractivity contribution in [3.8, 4) is 11.5 Å². The van der Waals surface area contributed by atoms with Gasteiger partial charge in [-0.25, -0.2) is 0 Å². The summed E-state index contributed by atoms with van der Waals surface area (Å²) in [6.45, 7) is 5.98. The van der Waals surface area contributed by atoms with Gasteiger partial charge in [0.1, 0.15) is 0 Å². The maximum absolute atomic E-state index is 12.0. The average Bonchev–Trinajstić information content (AvgIpc) is 2.58. The molecule has 2 aromatic carbocycles. The number of halogens is 3. The van der Waals surface area contributed by atoms with Gasteiger partial charge in [0.2, 0.25) is 0 Å². The Morgan fingerprint density at radius 2 is 1.75 bits per heavy atom. The van der Waals surface area contributed by atoms with Crippen LogP contribution in [0.4, 0.5) is 5.69 Å². The van der Waals surface area contributed by atoms with E-state index in [1.807, 2.05) is 20.8 Å². The first-order chi connectivity index (χ1) is 13.1. The Bertz CT molecular complexity index is 851. The number of methoxy groups -OCH3 is 1. The molecule has 0 aliphatic carbocycles. The highest BCUT2D eigenvalue weighted by Crippen LogP contribution is 2.34. The summed E-state index contributed by atoms with van der Waals surface area (Å²) in [4.78, 5) is 12.0. The summed E-state index contributed by atoms with van der Waals surface area (Å²) in [5.41, 5.74) is 1.19. The molecule has 0 aromatic heterocycles. The second-order valence-electron chi connectivity index (χ2n) is 7.16. The Morgan fingerprint density at radius 3 is 2.36 bits per heavy atom. The van der Waals surface area contributed by atoms with Gasteiger partial charge >= 0.3 is 0 Å². The molecule has 152 valence electrons. The number of anilines is 1. The zero-order valence-electron chi connectivity index (χ0n) is 16.2. The summed E-state index contributed by atoms with van der Waals surface area (Å²) in [6.07, 6.45) is 0. The highest BCUT2D eigenvalue weighted by Gasteiger charge is 2.16. The number of nitrogens with one attached hydrogen (secondary N) is 2. The Hall–Kier alpha value is -1.82. The van der Waals surface area contributed by atoms with Crippen LogP contribution in [0.1, 0.15) is 26.3 Å². The molecule has 2 rings (SSSR count). The number of hydrogen-bond donors (Lipinski definition) is 2. The fraction of sp³-hybridized carbons (Fsp3) is 0.350. The summed E-state index contributed by atoms with van der Waals surface area (Å²) in [5.74, 6) is 0.644. The van der Waals surface area contributed by atoms with E-state index in [-0.39, 0.29) is 18.1 Å². The maximum atomic E-state index is 12.0. The largest absolute Gasteiger partial charge is 0.493 e. The quantitative estimate of drug-likeness (QED) is 0.585. The summed E-state index contributed by atoms with van der Waals surface area (Å²) in [5, 5.41) is 7.59. The minimum Gasteiger partial charge on any atom is -0.493 e. The molecule has 0 fully saturated rings. The van der Waals surface area contributed by atoms with Crippen LogP contribution >= 0.6 is 34.8 Å². The molecule has 1 amide bonds. The number of carbonyl (C=O) groups is 1. The van der Waals surface area contributed by atoms with E-state index in [1.54, 1.807) is 30.3 Å². The molecule has 0 aliphatic heterocycles. The van der Waals surface area contributed by atoms with Gasteiger partial charge in [-0.1, -0.05) is 34.8 Å². The van der Waals surface area contributed by atoms with Gasteiger partial charge in [-0.3, -0.25) is 4.79 Å². The van der Waals surface area contributed by atoms with Gasteiger partial charge in [0.15, 0.2) is 18.1 Å². The van der Waals surface area contributed by atoms with Crippen LogP contribution in [-0.4, -0.2) is 25.2 Å². The van der Waals surface area contributed by atoms with Gasteiger partial charge in [0, 0.05) is 28.2 Å². The standard InChI is InChI=1S/C20H23Cl3N2O3/c1-20(2,3)25-19(26)11-28-18-9-14(22)12(7-17(18)27-4)10-24-16-6-5-13(21)8-15(16)23/h5-9,24H,10-11H2,1-4H3,(H,25,26). The summed E-state index contributed by atoms with van der Waals surface area (Å²) >= 11 is 18.5. The van der Waals surface area contributed by atoms with Crippen LogP contribution in [-0.2, 0) is 11.3 Å². The molecule has 2 aromatic rings. The van der Waals surface area contributed by atoms with Gasteiger partial charge in [0.25, 0.3) is 5.91 Å². The van der Waals surface area contributed by atoms with Crippen molar-refractivity contribution in [2.45, 2.75) is 32.9 Å². The third-order valence-electron chi connectivity index (χ3n) is 3.61. The van der Waals surface area contributed by atoms with Crippen LogP contribution in [0.25, 0.3) is 0 Å². The van der Waals surface area contributed by atoms with Crippen LogP contribution in [0.3, 0.4) is 0 Å². The molecule has 0 radical (unpaired) electrons. The number of benzene rings is 2. The molecule has 8 heteroatoms. The van der Waals surface area contributed by atoms with E-state index in [0.717, 1.165) is 11.3 Å². The summed E-state index contributed by atoms with van der Waals surface area (Å²) < 4.78 is 11.0. The fourth-order valence-electron chi connectivity index (χ4n) is 2.41. The molecule has 0 unspecified atom stereocenters. The average molecular weight is 446 g/mol. The van der Waals surface area contributed by atoms with Crippen molar-refractivity contribution in [1.29, 1.82) is 0 Å². The number of hydrogen-bond acceptors (Lipinski definition) is 4. The predicted octanol–water partition coefficient (Wildman–Crippen LogP) is 5.56. The molecule has 0 bridgehead atoms. The Morgan fingerprint density at radius 1 is 1.04 bits per heavy atom. The fourth-order valence-corrected chi connectivity index (χ4v) is 3.10. The van der Waals surface area contributed by atoms with Crippen LogP contribution < -0.4 is 20.1 Å². The van der Waals surface area contributed by atoms with Gasteiger partial charge < -0.3 is 20.1 Å². The lowest BCUT2D eigenvalue weighted by Gasteiger charge is -2.21. The van der Waals surface area contributed by atoms with Crippen molar-refractivity contribution in [1.82, 2.24) is 5.32 Å². The lowest BCUT2D eigenvalue weighted by Crippen LogP contribution is -2.43. The monoisotopic (exact) mass is 444 g/mol. The maximum Gasteiger partial charge on any atom is 0.258 e. The Labute approximate surface area is 180 Å². The molecule has 5 nitrogen and oxygen atoms in total. The topological polar surface area (TPSA) is 59.6 Å². The molecule has 0 saturated heterocycles. The predicted molar refractivity (Wildman–Crippen MR) is 115 cm³/mol. The lowest BCUT2D eigenvalue weighted by atomic mass is 10.1. The SMILES string of the molecule is COc1cc(CNc2ccc(Cl)cc2Cl)c(Cl)cc1OCC(=O)NC(C)(C)C. The first-order valence-electron chi connectivity index (χ1n) is 8.58. The van der Waals surface area contributed by atoms with Crippen molar-refractivity contribution < 1.29 is 14.3 Å². The van der Waals surface area contributed by atoms with E-state index in [0.29, 0.717) is 33.1 Å². The van der Waals surface area contributed by atoms with Crippen molar-refractivity contribution in [3.63, 3.8) is 0 Å². The second kappa shape index (κ2) is 9.59. The van der Waals surface area contributed by atoms with Gasteiger partial charge in [-0.15, -0.1) is 0 Å². The van der Waals surface area contributed by atoms with Crippen molar-refractivity contribution >= 4 is 46.4 Å². The smallest absolute Gasteiger partial charge is 0.258 e. The molecule has 0 spiro atoms. The molecule has 0 aliphatic rings. The molecule has 28 heavy (non-hydrogen) atoms. The number of ether oxygens (including phenoxy) is 2. The molecule has 0 saturated carbocycles. The van der Waals surface area contributed by atoms with Crippen molar-refractivity contribution in [2.24, 2.45) is 0 Å². The molecule has 0 atom stereocenters. The third kappa shape index (κ3) is 6.66. The van der Waals surface area contributed by atoms with Crippen molar-refractivity contribution in [2.75, 3.05) is 19.0 Å². The van der Waals surface area contributed by atoms with Gasteiger partial charge in [-0.05, 0) is 50.6 Å². The highest BCUT2D eigenvalue weighted by atomic mass is 35.5. The second-order valence-corrected chi connectivity index (χ2v) is 8.41. The van der Waals surface area contributed by atoms with Crippen LogP contribution in [0.5, 0.6) is 11.5 Å². The highest BCUT2D eigenvalue weighted by molar-refractivity contribution is 6.36. The summed E-state index contributed by atoms with van der Waals surface area (Å²) in [7, 11) is 1.53. The van der Waals surface area contributed by atoms with Gasteiger partial charge in [0.05, 0.1) is 17.8 Å². The normalized spacial score (nSPS) is 11.1. The minimum absolute atomic E-state index is 0.137. The number of carbonyl (C=O) groups excluding carboxylic acids is 1. The van der Waals surface area contributed by atoms with Crippen molar-refractivity contribution in [3.05, 3.63) is 51.0 Å². The van der Waals surface area contributed by atoms with E-state index in [2.05, 4.69) is 10.6 Å². The molecular formula is C20H23Cl3N2O3. The number of amides is 1. The van der Waals surface area contributed by atoms with Crippen LogP contribution in [0, 0.1) is 0 Å². The van der Waals surface area contributed by atoms with Crippen LogP contribution in [0.2, 0.25) is 15.1 Å². The molecule has 0 heterocycles. The first kappa shape index (κ1) is 22.5. The third-order valence-corrected chi connectivity index (χ3v) is 4.51. The van der Waals surface area contributed by atoms with E-state index in [9.17, 15) is 4.79 Å². The van der Waals surface area contributed by atoms with Crippen LogP contribution in [0.15, 0.2) is 30.3 Å². The summed E-state index contributed by atoms with van der Waals surface area (Å²) in [6, 6.07) is 8.59. The Balaban J connectivity index is 2.08. The first-order valence-corrected chi connectivity index (χ1v) is 9.71. The molecular weight excluding hydrogens is 423 g/mol. The zero-order chi connectivity index (χ0) is 20.9. The van der Waals surface area contributed by atoms with E-state index < -0.39 is 0 Å². The van der Waals surface area contributed by atoms with E-state index in [4.69, 9.17) is 44.3 Å². The lowest BCUT2D eigenvalue weighted by molar-refractivity contribution is -0.124.